The Balaban J connectivity index is 1.81. The summed E-state index contributed by atoms with van der Waals surface area (Å²) in [6.45, 7) is 5.79. The van der Waals surface area contributed by atoms with Gasteiger partial charge in [-0.05, 0) is 69.1 Å². The van der Waals surface area contributed by atoms with Crippen LogP contribution in [0.1, 0.15) is 100 Å². The number of aliphatic hydroxyl groups excluding tert-OH is 1. The van der Waals surface area contributed by atoms with Crippen molar-refractivity contribution in [3.63, 3.8) is 0 Å². The van der Waals surface area contributed by atoms with Gasteiger partial charge < -0.3 is 9.84 Å². The van der Waals surface area contributed by atoms with Gasteiger partial charge in [-0.3, -0.25) is 0 Å². The fraction of sp³-hybridized carbons (Fsp3) is 0.696. The second kappa shape index (κ2) is 10.7. The van der Waals surface area contributed by atoms with Crippen molar-refractivity contribution >= 4 is 5.97 Å². The van der Waals surface area contributed by atoms with Gasteiger partial charge in [0.25, 0.3) is 0 Å². The summed E-state index contributed by atoms with van der Waals surface area (Å²) in [4.78, 5) is 12.2. The van der Waals surface area contributed by atoms with Crippen molar-refractivity contribution in [1.82, 2.24) is 0 Å². The van der Waals surface area contributed by atoms with Crippen molar-refractivity contribution in [3.8, 4) is 0 Å². The van der Waals surface area contributed by atoms with Crippen LogP contribution in [0.3, 0.4) is 0 Å². The Bertz CT molecular complexity index is 527. The van der Waals surface area contributed by atoms with Crippen LogP contribution in [-0.4, -0.2) is 23.3 Å². The highest BCUT2D eigenvalue weighted by molar-refractivity contribution is 5.89. The number of esters is 1. The molecule has 26 heavy (non-hydrogen) atoms. The van der Waals surface area contributed by atoms with Crippen molar-refractivity contribution in [1.29, 1.82) is 0 Å². The Hall–Kier alpha value is -1.35. The largest absolute Gasteiger partial charge is 0.459 e. The van der Waals surface area contributed by atoms with E-state index in [0.29, 0.717) is 17.9 Å². The molecule has 2 atom stereocenters. The first-order valence-corrected chi connectivity index (χ1v) is 10.5. The lowest BCUT2D eigenvalue weighted by Crippen LogP contribution is -2.19. The Kier molecular flexibility index (Phi) is 8.64. The smallest absolute Gasteiger partial charge is 0.338 e. The summed E-state index contributed by atoms with van der Waals surface area (Å²) in [5.74, 6) is 1.25. The van der Waals surface area contributed by atoms with Crippen LogP contribution >= 0.6 is 0 Å². The number of unbranched alkanes of at least 4 members (excludes halogenated alkanes) is 2. The summed E-state index contributed by atoms with van der Waals surface area (Å²) < 4.78 is 5.39. The van der Waals surface area contributed by atoms with Crippen molar-refractivity contribution in [2.75, 3.05) is 0 Å². The highest BCUT2D eigenvalue weighted by Crippen LogP contribution is 2.37. The maximum atomic E-state index is 12.2. The van der Waals surface area contributed by atoms with Crippen LogP contribution in [0, 0.1) is 5.92 Å². The van der Waals surface area contributed by atoms with E-state index in [-0.39, 0.29) is 12.1 Å². The topological polar surface area (TPSA) is 46.5 Å². The molecular formula is C23H36O3. The first-order valence-electron chi connectivity index (χ1n) is 10.5. The molecular weight excluding hydrogens is 324 g/mol. The van der Waals surface area contributed by atoms with Gasteiger partial charge in [-0.2, -0.15) is 0 Å². The zero-order valence-corrected chi connectivity index (χ0v) is 16.7. The predicted octanol–water partition coefficient (Wildman–Crippen LogP) is 5.86. The number of carbonyl (C=O) groups is 1. The van der Waals surface area contributed by atoms with Crippen molar-refractivity contribution in [2.45, 2.75) is 96.7 Å². The molecule has 0 heterocycles. The third kappa shape index (κ3) is 6.75. The lowest BCUT2D eigenvalue weighted by atomic mass is 9.77. The zero-order valence-electron chi connectivity index (χ0n) is 16.7. The van der Waals surface area contributed by atoms with E-state index < -0.39 is 6.10 Å². The number of hydrogen-bond donors (Lipinski definition) is 1. The fourth-order valence-electron chi connectivity index (χ4n) is 4.14. The minimum Gasteiger partial charge on any atom is -0.459 e. The second-order valence-electron chi connectivity index (χ2n) is 8.14. The van der Waals surface area contributed by atoms with E-state index in [9.17, 15) is 9.90 Å². The molecule has 1 aromatic rings. The quantitative estimate of drug-likeness (QED) is 0.443. The van der Waals surface area contributed by atoms with Gasteiger partial charge >= 0.3 is 5.97 Å². The third-order valence-electron chi connectivity index (χ3n) is 5.66. The normalized spacial score (nSPS) is 22.6. The van der Waals surface area contributed by atoms with Gasteiger partial charge in [-0.25, -0.2) is 4.79 Å². The first kappa shape index (κ1) is 21.0. The molecule has 0 unspecified atom stereocenters. The standard InChI is InChI=1S/C23H36O3/c1-4-5-6-7-19-8-10-20(11-9-19)21-12-14-22(15-13-21)23(25)26-18(3)16-17(2)24/h12-15,17-20,24H,4-11,16H2,1-3H3/t17-,18-,19-,20-/m1/s1. The van der Waals surface area contributed by atoms with E-state index in [1.165, 1.54) is 56.9 Å². The predicted molar refractivity (Wildman–Crippen MR) is 106 cm³/mol. The number of carbonyl (C=O) groups excluding carboxylic acids is 1. The molecule has 0 aromatic heterocycles. The molecule has 1 aromatic carbocycles. The van der Waals surface area contributed by atoms with Gasteiger partial charge in [0.15, 0.2) is 0 Å². The molecule has 3 heteroatoms. The molecule has 3 nitrogen and oxygen atoms in total. The summed E-state index contributed by atoms with van der Waals surface area (Å²) in [6, 6.07) is 7.97. The van der Waals surface area contributed by atoms with Crippen molar-refractivity contribution in [3.05, 3.63) is 35.4 Å². The van der Waals surface area contributed by atoms with E-state index in [1.54, 1.807) is 6.92 Å². The molecule has 1 aliphatic carbocycles. The first-order chi connectivity index (χ1) is 12.5. The fourth-order valence-corrected chi connectivity index (χ4v) is 4.14. The molecule has 146 valence electrons. The lowest BCUT2D eigenvalue weighted by molar-refractivity contribution is 0.0222. The number of ether oxygens (including phenoxy) is 1. The number of benzene rings is 1. The van der Waals surface area contributed by atoms with Gasteiger partial charge in [0.1, 0.15) is 6.10 Å². The molecule has 0 bridgehead atoms. The molecule has 1 aliphatic rings. The lowest BCUT2D eigenvalue weighted by Gasteiger charge is -2.29. The van der Waals surface area contributed by atoms with Crippen molar-refractivity contribution < 1.29 is 14.6 Å². The van der Waals surface area contributed by atoms with E-state index in [0.717, 1.165) is 5.92 Å². The van der Waals surface area contributed by atoms with Crippen LogP contribution in [0.4, 0.5) is 0 Å². The van der Waals surface area contributed by atoms with E-state index in [2.05, 4.69) is 19.1 Å². The summed E-state index contributed by atoms with van der Waals surface area (Å²) >= 11 is 0. The molecule has 0 radical (unpaired) electrons. The molecule has 1 N–H and O–H groups in total. The van der Waals surface area contributed by atoms with Gasteiger partial charge in [-0.1, -0.05) is 44.7 Å². The van der Waals surface area contributed by atoms with Crippen LogP contribution in [0.25, 0.3) is 0 Å². The summed E-state index contributed by atoms with van der Waals surface area (Å²) in [7, 11) is 0. The van der Waals surface area contributed by atoms with E-state index in [4.69, 9.17) is 4.74 Å². The maximum absolute atomic E-state index is 12.2. The minimum absolute atomic E-state index is 0.273. The Morgan fingerprint density at radius 1 is 1.12 bits per heavy atom. The molecule has 0 amide bonds. The van der Waals surface area contributed by atoms with Gasteiger partial charge in [0.2, 0.25) is 0 Å². The average molecular weight is 361 g/mol. The third-order valence-corrected chi connectivity index (χ3v) is 5.66. The molecule has 1 saturated carbocycles. The van der Waals surface area contributed by atoms with Crippen LogP contribution in [0.15, 0.2) is 24.3 Å². The molecule has 1 fully saturated rings. The van der Waals surface area contributed by atoms with Gasteiger partial charge in [-0.15, -0.1) is 0 Å². The van der Waals surface area contributed by atoms with Crippen LogP contribution in [0.5, 0.6) is 0 Å². The number of rotatable bonds is 9. The van der Waals surface area contributed by atoms with Crippen LogP contribution in [0.2, 0.25) is 0 Å². The monoisotopic (exact) mass is 360 g/mol. The SMILES string of the molecule is CCCCC[C@H]1CC[C@H](c2ccc(C(=O)O[C@H](C)C[C@@H](C)O)cc2)CC1. The van der Waals surface area contributed by atoms with Crippen LogP contribution in [-0.2, 0) is 4.74 Å². The Morgan fingerprint density at radius 3 is 2.35 bits per heavy atom. The van der Waals surface area contributed by atoms with Gasteiger partial charge in [0.05, 0.1) is 11.7 Å². The highest BCUT2D eigenvalue weighted by Gasteiger charge is 2.22. The summed E-state index contributed by atoms with van der Waals surface area (Å²) in [5, 5.41) is 9.37. The van der Waals surface area contributed by atoms with E-state index in [1.807, 2.05) is 19.1 Å². The van der Waals surface area contributed by atoms with Crippen LogP contribution < -0.4 is 0 Å². The van der Waals surface area contributed by atoms with Crippen molar-refractivity contribution in [2.24, 2.45) is 5.92 Å². The summed E-state index contributed by atoms with van der Waals surface area (Å²) in [6.07, 6.45) is 10.4. The molecule has 0 aliphatic heterocycles. The number of hydrogen-bond acceptors (Lipinski definition) is 3. The highest BCUT2D eigenvalue weighted by atomic mass is 16.5. The molecule has 0 saturated heterocycles. The molecule has 0 spiro atoms. The minimum atomic E-state index is -0.461. The number of aliphatic hydroxyl groups is 1. The maximum Gasteiger partial charge on any atom is 0.338 e. The zero-order chi connectivity index (χ0) is 18.9. The Morgan fingerprint density at radius 2 is 1.77 bits per heavy atom. The molecule has 2 rings (SSSR count). The summed E-state index contributed by atoms with van der Waals surface area (Å²) in [5.41, 5.74) is 1.95. The average Bonchev–Trinajstić information content (AvgIpc) is 2.62. The van der Waals surface area contributed by atoms with E-state index >= 15 is 0 Å². The van der Waals surface area contributed by atoms with Gasteiger partial charge in [0, 0.05) is 6.42 Å². The Labute approximate surface area is 159 Å². The second-order valence-corrected chi connectivity index (χ2v) is 8.14.